The zero-order valence-corrected chi connectivity index (χ0v) is 17.2. The maximum Gasteiger partial charge on any atom is 0.267 e. The molecule has 0 radical (unpaired) electrons. The summed E-state index contributed by atoms with van der Waals surface area (Å²) in [6, 6.07) is 12.5. The highest BCUT2D eigenvalue weighted by Crippen LogP contribution is 2.26. The van der Waals surface area contributed by atoms with Crippen LogP contribution in [0.1, 0.15) is 22.5 Å². The fourth-order valence-corrected chi connectivity index (χ4v) is 3.51. The highest BCUT2D eigenvalue weighted by Gasteiger charge is 2.42. The van der Waals surface area contributed by atoms with E-state index in [4.69, 9.17) is 5.73 Å². The van der Waals surface area contributed by atoms with E-state index in [2.05, 4.69) is 21.9 Å². The Bertz CT molecular complexity index is 1250. The van der Waals surface area contributed by atoms with Crippen molar-refractivity contribution < 1.29 is 14.7 Å². The maximum absolute atomic E-state index is 12.1. The molecule has 8 nitrogen and oxygen atoms in total. The number of carbonyl (C=O) groups excluding carboxylic acids is 2. The number of primary amides is 1. The summed E-state index contributed by atoms with van der Waals surface area (Å²) < 4.78 is 1.70. The first kappa shape index (κ1) is 20.3. The molecule has 0 saturated carbocycles. The molecule has 1 atom stereocenters. The van der Waals surface area contributed by atoms with Gasteiger partial charge >= 0.3 is 0 Å². The average Bonchev–Trinajstić information content (AvgIpc) is 3.31. The molecule has 1 saturated heterocycles. The minimum Gasteiger partial charge on any atom is -0.369 e. The first-order valence-corrected chi connectivity index (χ1v) is 9.69. The van der Waals surface area contributed by atoms with E-state index in [0.717, 1.165) is 16.8 Å². The first-order valence-electron chi connectivity index (χ1n) is 9.69. The van der Waals surface area contributed by atoms with E-state index >= 15 is 0 Å². The molecule has 31 heavy (non-hydrogen) atoms. The molecular formula is C23H21N5O3. The number of likely N-dealkylation sites (tertiary alicyclic amines) is 1. The molecule has 2 aromatic heterocycles. The molecule has 3 aromatic rings. The van der Waals surface area contributed by atoms with Crippen LogP contribution < -0.4 is 5.73 Å². The van der Waals surface area contributed by atoms with E-state index in [1.807, 2.05) is 25.2 Å². The van der Waals surface area contributed by atoms with Gasteiger partial charge < -0.3 is 15.7 Å². The van der Waals surface area contributed by atoms with Crippen molar-refractivity contribution in [1.82, 2.24) is 19.7 Å². The van der Waals surface area contributed by atoms with Crippen LogP contribution in [-0.2, 0) is 11.8 Å². The van der Waals surface area contributed by atoms with Crippen molar-refractivity contribution in [3.63, 3.8) is 0 Å². The van der Waals surface area contributed by atoms with Gasteiger partial charge in [0.05, 0.1) is 11.4 Å². The van der Waals surface area contributed by atoms with Gasteiger partial charge in [-0.05, 0) is 30.3 Å². The number of nitrogens with zero attached hydrogens (tertiary/aromatic N) is 4. The summed E-state index contributed by atoms with van der Waals surface area (Å²) in [6.07, 6.45) is 1.94. The van der Waals surface area contributed by atoms with Gasteiger partial charge in [-0.15, -0.1) is 0 Å². The average molecular weight is 415 g/mol. The third kappa shape index (κ3) is 3.91. The molecule has 0 spiro atoms. The number of likely N-dealkylation sites (N-methyl/N-ethyl adjacent to an activating group) is 1. The normalized spacial score (nSPS) is 18.0. The van der Waals surface area contributed by atoms with Crippen molar-refractivity contribution in [2.24, 2.45) is 12.8 Å². The molecule has 0 aliphatic carbocycles. The molecule has 1 aromatic carbocycles. The van der Waals surface area contributed by atoms with Crippen LogP contribution in [0.4, 0.5) is 0 Å². The lowest BCUT2D eigenvalue weighted by Crippen LogP contribution is -2.37. The third-order valence-electron chi connectivity index (χ3n) is 5.28. The van der Waals surface area contributed by atoms with E-state index < -0.39 is 17.4 Å². The number of hydrogen-bond donors (Lipinski definition) is 2. The zero-order valence-electron chi connectivity index (χ0n) is 17.2. The van der Waals surface area contributed by atoms with Crippen LogP contribution in [-0.4, -0.2) is 55.8 Å². The van der Waals surface area contributed by atoms with Crippen molar-refractivity contribution in [2.45, 2.75) is 12.0 Å². The number of pyridine rings is 1. The lowest BCUT2D eigenvalue weighted by atomic mass is 10.0. The molecule has 156 valence electrons. The number of aliphatic hydroxyl groups is 1. The number of rotatable bonds is 3. The van der Waals surface area contributed by atoms with Crippen LogP contribution in [0, 0.1) is 11.8 Å². The predicted octanol–water partition coefficient (Wildman–Crippen LogP) is 1.19. The zero-order chi connectivity index (χ0) is 22.2. The topological polar surface area (TPSA) is 114 Å². The quantitative estimate of drug-likeness (QED) is 0.624. The Hall–Kier alpha value is -3.96. The molecule has 2 amide bonds. The minimum atomic E-state index is -1.67. The monoisotopic (exact) mass is 415 g/mol. The van der Waals surface area contributed by atoms with Gasteiger partial charge in [-0.3, -0.25) is 14.3 Å². The minimum absolute atomic E-state index is 0.138. The first-order chi connectivity index (χ1) is 14.8. The molecule has 8 heteroatoms. The molecule has 1 aliphatic rings. The SMILES string of the molecule is CN1CCC(O)(C#Cc2cccc(-c3cc(-c4ccnn4C)cc(C(N)=O)n3)c2)C1=O. The number of hydrogen-bond acceptors (Lipinski definition) is 5. The Kier molecular flexibility index (Phi) is 5.05. The van der Waals surface area contributed by atoms with E-state index in [0.29, 0.717) is 17.8 Å². The van der Waals surface area contributed by atoms with Gasteiger partial charge in [0.25, 0.3) is 11.8 Å². The van der Waals surface area contributed by atoms with Crippen molar-refractivity contribution in [1.29, 1.82) is 0 Å². The molecule has 1 fully saturated rings. The Morgan fingerprint density at radius 1 is 1.19 bits per heavy atom. The molecule has 3 heterocycles. The van der Waals surface area contributed by atoms with Crippen molar-refractivity contribution >= 4 is 11.8 Å². The second kappa shape index (κ2) is 7.70. The summed E-state index contributed by atoms with van der Waals surface area (Å²) in [5, 5.41) is 14.7. The molecule has 4 rings (SSSR count). The molecule has 3 N–H and O–H groups in total. The Morgan fingerprint density at radius 2 is 2.00 bits per heavy atom. The van der Waals surface area contributed by atoms with Crippen LogP contribution in [0.2, 0.25) is 0 Å². The number of aryl methyl sites for hydroxylation is 1. The van der Waals surface area contributed by atoms with Gasteiger partial charge in [0.2, 0.25) is 5.60 Å². The molecule has 0 bridgehead atoms. The lowest BCUT2D eigenvalue weighted by Gasteiger charge is -2.13. The third-order valence-corrected chi connectivity index (χ3v) is 5.28. The summed E-state index contributed by atoms with van der Waals surface area (Å²) in [5.74, 6) is 4.58. The van der Waals surface area contributed by atoms with Crippen LogP contribution >= 0.6 is 0 Å². The van der Waals surface area contributed by atoms with E-state index in [-0.39, 0.29) is 12.1 Å². The summed E-state index contributed by atoms with van der Waals surface area (Å²) in [5.41, 5.74) is 7.42. The van der Waals surface area contributed by atoms with Gasteiger partial charge in [0.15, 0.2) is 0 Å². The smallest absolute Gasteiger partial charge is 0.267 e. The summed E-state index contributed by atoms with van der Waals surface area (Å²) in [4.78, 5) is 29.8. The summed E-state index contributed by atoms with van der Waals surface area (Å²) >= 11 is 0. The number of nitrogens with two attached hydrogens (primary N) is 1. The van der Waals surface area contributed by atoms with Crippen molar-refractivity contribution in [2.75, 3.05) is 13.6 Å². The summed E-state index contributed by atoms with van der Waals surface area (Å²) in [6.45, 7) is 0.463. The van der Waals surface area contributed by atoms with E-state index in [1.165, 1.54) is 4.90 Å². The van der Waals surface area contributed by atoms with Crippen LogP contribution in [0.15, 0.2) is 48.7 Å². The van der Waals surface area contributed by atoms with Crippen LogP contribution in [0.25, 0.3) is 22.5 Å². The second-order valence-electron chi connectivity index (χ2n) is 7.50. The Labute approximate surface area is 179 Å². The maximum atomic E-state index is 12.1. The summed E-state index contributed by atoms with van der Waals surface area (Å²) in [7, 11) is 3.45. The predicted molar refractivity (Wildman–Crippen MR) is 114 cm³/mol. The van der Waals surface area contributed by atoms with Gasteiger partial charge in [-0.2, -0.15) is 5.10 Å². The fourth-order valence-electron chi connectivity index (χ4n) is 3.51. The van der Waals surface area contributed by atoms with E-state index in [9.17, 15) is 14.7 Å². The standard InChI is InChI=1S/C23H21N5O3/c1-27-11-9-23(31,22(27)30)8-6-15-4-3-5-16(12-15)18-13-17(14-19(26-18)21(24)29)20-7-10-25-28(20)2/h3-5,7,10,12-14,31H,9,11H2,1-2H3,(H2,24,29). The van der Waals surface area contributed by atoms with Gasteiger partial charge in [0, 0.05) is 49.9 Å². The number of aromatic nitrogens is 3. The molecular weight excluding hydrogens is 394 g/mol. The van der Waals surface area contributed by atoms with Gasteiger partial charge in [-0.1, -0.05) is 24.0 Å². The Balaban J connectivity index is 1.74. The van der Waals surface area contributed by atoms with Crippen molar-refractivity contribution in [3.05, 3.63) is 59.9 Å². The van der Waals surface area contributed by atoms with Crippen LogP contribution in [0.5, 0.6) is 0 Å². The largest absolute Gasteiger partial charge is 0.369 e. The lowest BCUT2D eigenvalue weighted by molar-refractivity contribution is -0.137. The highest BCUT2D eigenvalue weighted by molar-refractivity contribution is 5.93. The highest BCUT2D eigenvalue weighted by atomic mass is 16.3. The number of carbonyl (C=O) groups is 2. The van der Waals surface area contributed by atoms with E-state index in [1.54, 1.807) is 42.2 Å². The van der Waals surface area contributed by atoms with Gasteiger partial charge in [-0.25, -0.2) is 4.98 Å². The number of amides is 2. The Morgan fingerprint density at radius 3 is 2.65 bits per heavy atom. The molecule has 1 aliphatic heterocycles. The van der Waals surface area contributed by atoms with Crippen LogP contribution in [0.3, 0.4) is 0 Å². The fraction of sp³-hybridized carbons (Fsp3) is 0.217. The second-order valence-corrected chi connectivity index (χ2v) is 7.50. The molecule has 1 unspecified atom stereocenters. The van der Waals surface area contributed by atoms with Gasteiger partial charge in [0.1, 0.15) is 5.69 Å². The van der Waals surface area contributed by atoms with Crippen molar-refractivity contribution in [3.8, 4) is 34.4 Å². The number of benzene rings is 1.